The Balaban J connectivity index is 1.36. The summed E-state index contributed by atoms with van der Waals surface area (Å²) in [5.41, 5.74) is 2.54. The van der Waals surface area contributed by atoms with Gasteiger partial charge in [-0.25, -0.2) is 15.0 Å². The Morgan fingerprint density at radius 2 is 2.00 bits per heavy atom. The number of hydrogen-bond donors (Lipinski definition) is 1. The molecule has 0 amide bonds. The van der Waals surface area contributed by atoms with Crippen LogP contribution in [0, 0.1) is 30.1 Å². The largest absolute Gasteiger partial charge is 0.356 e. The molecule has 2 saturated heterocycles. The predicted molar refractivity (Wildman–Crippen MR) is 104 cm³/mol. The Hall–Kier alpha value is -3.14. The zero-order valence-electron chi connectivity index (χ0n) is 15.3. The first-order valence-electron chi connectivity index (χ1n) is 9.37. The Morgan fingerprint density at radius 1 is 1.15 bits per heavy atom. The van der Waals surface area contributed by atoms with Crippen LogP contribution in [0.25, 0.3) is 11.0 Å². The number of H-pyrrole nitrogens is 1. The molecule has 136 valence electrons. The Kier molecular flexibility index (Phi) is 3.71. The van der Waals surface area contributed by atoms with Crippen molar-refractivity contribution in [3.05, 3.63) is 42.0 Å². The summed E-state index contributed by atoms with van der Waals surface area (Å²) in [5, 5.41) is 10.2. The van der Waals surface area contributed by atoms with Crippen LogP contribution in [0.5, 0.6) is 0 Å². The number of nitrogens with zero attached hydrogens (tertiary/aromatic N) is 6. The van der Waals surface area contributed by atoms with E-state index in [1.54, 1.807) is 12.5 Å². The van der Waals surface area contributed by atoms with Gasteiger partial charge in [-0.1, -0.05) is 0 Å². The third-order valence-corrected chi connectivity index (χ3v) is 5.97. The van der Waals surface area contributed by atoms with Gasteiger partial charge in [0.25, 0.3) is 0 Å². The lowest BCUT2D eigenvalue weighted by atomic mass is 9.88. The predicted octanol–water partition coefficient (Wildman–Crippen LogP) is 2.50. The van der Waals surface area contributed by atoms with E-state index < -0.39 is 0 Å². The van der Waals surface area contributed by atoms with E-state index in [2.05, 4.69) is 41.9 Å². The number of nitriles is 1. The van der Waals surface area contributed by atoms with E-state index in [1.165, 1.54) is 0 Å². The summed E-state index contributed by atoms with van der Waals surface area (Å²) >= 11 is 0. The Morgan fingerprint density at radius 3 is 2.85 bits per heavy atom. The van der Waals surface area contributed by atoms with Crippen LogP contribution >= 0.6 is 0 Å². The van der Waals surface area contributed by atoms with Crippen molar-refractivity contribution >= 4 is 22.7 Å². The molecule has 3 aromatic rings. The number of piperidine rings is 1. The second-order valence-electron chi connectivity index (χ2n) is 7.57. The molecule has 5 heterocycles. The van der Waals surface area contributed by atoms with Crippen LogP contribution < -0.4 is 9.80 Å². The first-order chi connectivity index (χ1) is 13.2. The van der Waals surface area contributed by atoms with Gasteiger partial charge in [0.05, 0.1) is 10.9 Å². The maximum absolute atomic E-state index is 9.12. The third-order valence-electron chi connectivity index (χ3n) is 5.97. The summed E-state index contributed by atoms with van der Waals surface area (Å²) in [5.74, 6) is 3.30. The minimum absolute atomic E-state index is 0.598. The molecule has 5 rings (SSSR count). The molecule has 2 atom stereocenters. The number of fused-ring (bicyclic) bond motifs is 2. The summed E-state index contributed by atoms with van der Waals surface area (Å²) in [6.07, 6.45) is 6.42. The molecule has 0 spiro atoms. The first-order valence-corrected chi connectivity index (χ1v) is 9.37. The molecule has 2 aliphatic rings. The normalized spacial score (nSPS) is 22.1. The number of aromatic amines is 1. The molecular weight excluding hydrogens is 338 g/mol. The van der Waals surface area contributed by atoms with Crippen molar-refractivity contribution in [1.82, 2.24) is 19.9 Å². The van der Waals surface area contributed by atoms with Gasteiger partial charge in [0, 0.05) is 38.6 Å². The molecule has 0 bridgehead atoms. The van der Waals surface area contributed by atoms with Crippen molar-refractivity contribution in [1.29, 1.82) is 5.26 Å². The van der Waals surface area contributed by atoms with E-state index in [4.69, 9.17) is 5.26 Å². The zero-order chi connectivity index (χ0) is 18.4. The van der Waals surface area contributed by atoms with Crippen molar-refractivity contribution in [2.75, 3.05) is 36.0 Å². The van der Waals surface area contributed by atoms with Crippen LogP contribution in [-0.4, -0.2) is 46.1 Å². The van der Waals surface area contributed by atoms with E-state index in [0.717, 1.165) is 60.8 Å². The molecule has 7 nitrogen and oxygen atoms in total. The minimum Gasteiger partial charge on any atom is -0.356 e. The fourth-order valence-corrected chi connectivity index (χ4v) is 4.49. The summed E-state index contributed by atoms with van der Waals surface area (Å²) in [4.78, 5) is 21.3. The second-order valence-corrected chi connectivity index (χ2v) is 7.57. The zero-order valence-corrected chi connectivity index (χ0v) is 15.3. The lowest BCUT2D eigenvalue weighted by molar-refractivity contribution is 0.348. The molecule has 0 radical (unpaired) electrons. The lowest BCUT2D eigenvalue weighted by Gasteiger charge is -2.35. The van der Waals surface area contributed by atoms with Crippen molar-refractivity contribution in [2.45, 2.75) is 13.3 Å². The van der Waals surface area contributed by atoms with E-state index >= 15 is 0 Å². The number of nitrogens with one attached hydrogen (secondary N) is 1. The van der Waals surface area contributed by atoms with Crippen LogP contribution in [0.2, 0.25) is 0 Å². The summed E-state index contributed by atoms with van der Waals surface area (Å²) < 4.78 is 0. The average Bonchev–Trinajstić information content (AvgIpc) is 3.33. The topological polar surface area (TPSA) is 84.7 Å². The molecule has 0 aliphatic carbocycles. The molecule has 1 N–H and O–H groups in total. The monoisotopic (exact) mass is 359 g/mol. The fraction of sp³-hybridized carbons (Fsp3) is 0.400. The van der Waals surface area contributed by atoms with Crippen molar-refractivity contribution in [3.63, 3.8) is 0 Å². The quantitative estimate of drug-likeness (QED) is 0.757. The molecule has 2 fully saturated rings. The highest BCUT2D eigenvalue weighted by Gasteiger charge is 2.38. The van der Waals surface area contributed by atoms with Crippen LogP contribution in [0.15, 0.2) is 30.9 Å². The molecule has 2 aliphatic heterocycles. The van der Waals surface area contributed by atoms with E-state index in [-0.39, 0.29) is 0 Å². The van der Waals surface area contributed by atoms with E-state index in [0.29, 0.717) is 17.4 Å². The summed E-state index contributed by atoms with van der Waals surface area (Å²) in [7, 11) is 0. The van der Waals surface area contributed by atoms with Gasteiger partial charge in [-0.05, 0) is 42.9 Å². The van der Waals surface area contributed by atoms with Crippen LogP contribution in [0.4, 0.5) is 11.6 Å². The smallest absolute Gasteiger partial charge is 0.142 e. The number of aromatic nitrogens is 4. The Bertz CT molecular complexity index is 1030. The minimum atomic E-state index is 0.598. The van der Waals surface area contributed by atoms with Gasteiger partial charge in [0.2, 0.25) is 0 Å². The van der Waals surface area contributed by atoms with Crippen LogP contribution in [-0.2, 0) is 0 Å². The van der Waals surface area contributed by atoms with E-state index in [1.807, 2.05) is 19.2 Å². The number of rotatable bonds is 2. The fourth-order valence-electron chi connectivity index (χ4n) is 4.49. The SMILES string of the molecule is Cc1cc(N2C[C@H]3CCN(c4ncnc5[nH]ccc45)C[C@H]3C2)ncc1C#N. The molecule has 27 heavy (non-hydrogen) atoms. The molecular formula is C20H21N7. The highest BCUT2D eigenvalue weighted by molar-refractivity contribution is 5.87. The number of anilines is 2. The highest BCUT2D eigenvalue weighted by atomic mass is 15.3. The highest BCUT2D eigenvalue weighted by Crippen LogP contribution is 2.36. The van der Waals surface area contributed by atoms with Crippen LogP contribution in [0.3, 0.4) is 0 Å². The number of pyridine rings is 1. The molecule has 7 heteroatoms. The average molecular weight is 359 g/mol. The van der Waals surface area contributed by atoms with Gasteiger partial charge < -0.3 is 14.8 Å². The van der Waals surface area contributed by atoms with E-state index in [9.17, 15) is 0 Å². The van der Waals surface area contributed by atoms with Gasteiger partial charge in [-0.3, -0.25) is 0 Å². The Labute approximate surface area is 157 Å². The molecule has 0 aromatic carbocycles. The van der Waals surface area contributed by atoms with Gasteiger partial charge in [-0.2, -0.15) is 5.26 Å². The molecule has 0 saturated carbocycles. The molecule has 0 unspecified atom stereocenters. The third kappa shape index (κ3) is 2.69. The van der Waals surface area contributed by atoms with Gasteiger partial charge in [-0.15, -0.1) is 0 Å². The number of hydrogen-bond acceptors (Lipinski definition) is 6. The van der Waals surface area contributed by atoms with Gasteiger partial charge in [0.1, 0.15) is 29.7 Å². The summed E-state index contributed by atoms with van der Waals surface area (Å²) in [6, 6.07) is 6.30. The summed E-state index contributed by atoms with van der Waals surface area (Å²) in [6.45, 7) is 6.05. The maximum Gasteiger partial charge on any atom is 0.142 e. The lowest BCUT2D eigenvalue weighted by Crippen LogP contribution is -2.40. The van der Waals surface area contributed by atoms with Gasteiger partial charge in [0.15, 0.2) is 0 Å². The maximum atomic E-state index is 9.12. The standard InChI is InChI=1S/C20H21N7/c1-13-6-18(23-8-15(13)7-21)27-9-14-3-5-26(10-16(14)11-27)20-17-2-4-22-19(17)24-12-25-20/h2,4,6,8,12,14,16H,3,5,9-11H2,1H3,(H,22,24,25)/t14-,16+/m1/s1. The number of aryl methyl sites for hydroxylation is 1. The van der Waals surface area contributed by atoms with Crippen molar-refractivity contribution in [3.8, 4) is 6.07 Å². The van der Waals surface area contributed by atoms with Gasteiger partial charge >= 0.3 is 0 Å². The second kappa shape index (κ2) is 6.23. The molecule has 3 aromatic heterocycles. The first kappa shape index (κ1) is 16.1. The van der Waals surface area contributed by atoms with Crippen molar-refractivity contribution < 1.29 is 0 Å². The van der Waals surface area contributed by atoms with Crippen LogP contribution in [0.1, 0.15) is 17.5 Å². The van der Waals surface area contributed by atoms with Crippen molar-refractivity contribution in [2.24, 2.45) is 11.8 Å².